The normalized spacial score (nSPS) is 14.7. The molecule has 0 atom stereocenters. The highest BCUT2D eigenvalue weighted by Gasteiger charge is 2.34. The molecule has 0 amide bonds. The molecule has 0 spiro atoms. The highest BCUT2D eigenvalue weighted by molar-refractivity contribution is 8.93. The third-order valence-corrected chi connectivity index (χ3v) is 6.31. The van der Waals surface area contributed by atoms with Crippen LogP contribution in [0.15, 0.2) is 18.2 Å². The minimum atomic E-state index is -0.633. The number of ketones is 1. The highest BCUT2D eigenvalue weighted by Crippen LogP contribution is 2.42. The number of nitrogens with zero attached hydrogens (tertiary/aromatic N) is 2. The van der Waals surface area contributed by atoms with Crippen LogP contribution in [-0.4, -0.2) is 57.0 Å². The lowest BCUT2D eigenvalue weighted by molar-refractivity contribution is 0.0962. The third kappa shape index (κ3) is 4.83. The molecule has 9 heteroatoms. The minimum absolute atomic E-state index is 0. The fraction of sp³-hybridized carbons (Fsp3) is 0.462. The first kappa shape index (κ1) is 26.8. The maximum absolute atomic E-state index is 15.2. The van der Waals surface area contributed by atoms with Gasteiger partial charge in [-0.15, -0.1) is 17.0 Å². The Balaban J connectivity index is 0.00000342. The van der Waals surface area contributed by atoms with Gasteiger partial charge in [-0.1, -0.05) is 20.8 Å². The van der Waals surface area contributed by atoms with Crippen LogP contribution in [0.1, 0.15) is 54.7 Å². The third-order valence-electron chi connectivity index (χ3n) is 6.31. The van der Waals surface area contributed by atoms with Gasteiger partial charge in [0.25, 0.3) is 0 Å². The molecule has 2 aromatic carbocycles. The highest BCUT2D eigenvalue weighted by atomic mass is 79.9. The van der Waals surface area contributed by atoms with Crippen LogP contribution < -0.4 is 19.1 Å². The second-order valence-electron chi connectivity index (χ2n) is 9.71. The lowest BCUT2D eigenvalue weighted by atomic mass is 9.84. The summed E-state index contributed by atoms with van der Waals surface area (Å²) in [5, 5.41) is 8.56. The van der Waals surface area contributed by atoms with Crippen LogP contribution >= 0.6 is 17.0 Å². The first-order valence-corrected chi connectivity index (χ1v) is 11.5. The van der Waals surface area contributed by atoms with Gasteiger partial charge in [-0.05, 0) is 36.1 Å². The molecule has 190 valence electrons. The van der Waals surface area contributed by atoms with Gasteiger partial charge in [-0.3, -0.25) is 10.2 Å². The van der Waals surface area contributed by atoms with Gasteiger partial charge in [0.2, 0.25) is 0 Å². The number of rotatable bonds is 6. The quantitative estimate of drug-likeness (QED) is 0.513. The molecule has 4 rings (SSSR count). The van der Waals surface area contributed by atoms with E-state index in [-0.39, 0.29) is 58.4 Å². The van der Waals surface area contributed by atoms with Crippen molar-refractivity contribution < 1.29 is 23.4 Å². The number of methoxy groups -OCH3 is 1. The van der Waals surface area contributed by atoms with Crippen molar-refractivity contribution in [3.63, 3.8) is 0 Å². The molecule has 2 heterocycles. The number of hydrogen-bond donors (Lipinski definition) is 1. The van der Waals surface area contributed by atoms with E-state index in [0.717, 1.165) is 23.5 Å². The van der Waals surface area contributed by atoms with E-state index in [4.69, 9.17) is 19.6 Å². The van der Waals surface area contributed by atoms with Crippen molar-refractivity contribution in [3.05, 3.63) is 46.3 Å². The summed E-state index contributed by atoms with van der Waals surface area (Å²) in [6.07, 6.45) is 0. The van der Waals surface area contributed by atoms with Gasteiger partial charge in [-0.25, -0.2) is 4.39 Å². The zero-order valence-corrected chi connectivity index (χ0v) is 22.8. The number of Topliss-reactive ketones (excluding diaryl/α,β-unsaturated/α-hetero) is 1. The van der Waals surface area contributed by atoms with Crippen LogP contribution in [0, 0.1) is 11.2 Å². The smallest absolute Gasteiger partial charge is 0.197 e. The molecule has 0 radical (unpaired) electrons. The van der Waals surface area contributed by atoms with Crippen molar-refractivity contribution >= 4 is 34.3 Å². The van der Waals surface area contributed by atoms with Crippen LogP contribution in [0.5, 0.6) is 17.2 Å². The molecule has 0 fully saturated rings. The van der Waals surface area contributed by atoms with Gasteiger partial charge in [0.15, 0.2) is 23.1 Å². The standard InChI is InChI=1S/C26H32FN3O4.BrH/c1-7-33-20-12-16-13-30(25(28)21(16)22(27)24(20)32-6)14-19(31)15-10-17(26(2,3)4)23-18(11-15)29(5)8-9-34-23;/h10-12,28H,7-9,13-14H2,1-6H3;1H. The number of halogens is 2. The number of fused-ring (bicyclic) bond motifs is 2. The van der Waals surface area contributed by atoms with Gasteiger partial charge in [-0.2, -0.15) is 0 Å². The van der Waals surface area contributed by atoms with E-state index < -0.39 is 5.82 Å². The lowest BCUT2D eigenvalue weighted by Crippen LogP contribution is -2.33. The van der Waals surface area contributed by atoms with Crippen LogP contribution in [0.3, 0.4) is 0 Å². The Morgan fingerprint density at radius 3 is 2.60 bits per heavy atom. The topological polar surface area (TPSA) is 75.1 Å². The number of ether oxygens (including phenoxy) is 3. The van der Waals surface area contributed by atoms with Gasteiger partial charge in [0.1, 0.15) is 18.2 Å². The number of nitrogens with one attached hydrogen (secondary N) is 1. The first-order valence-electron chi connectivity index (χ1n) is 11.5. The molecule has 0 bridgehead atoms. The Morgan fingerprint density at radius 2 is 1.97 bits per heavy atom. The molecule has 7 nitrogen and oxygen atoms in total. The maximum Gasteiger partial charge on any atom is 0.197 e. The SMILES string of the molecule is Br.CCOc1cc2c(c(F)c1OC)C(=N)N(CC(=O)c1cc3c(c(C(C)(C)C)c1)OCCN3C)C2. The molecule has 0 saturated heterocycles. The van der Waals surface area contributed by atoms with Crippen molar-refractivity contribution in [2.24, 2.45) is 0 Å². The van der Waals surface area contributed by atoms with Crippen molar-refractivity contribution in [1.29, 1.82) is 5.41 Å². The molecular weight excluding hydrogens is 517 g/mol. The molecule has 1 N–H and O–H groups in total. The summed E-state index contributed by atoms with van der Waals surface area (Å²) < 4.78 is 31.9. The summed E-state index contributed by atoms with van der Waals surface area (Å²) in [5.74, 6) is 0.294. The number of amidine groups is 1. The van der Waals surface area contributed by atoms with E-state index in [9.17, 15) is 4.79 Å². The number of hydrogen-bond acceptors (Lipinski definition) is 6. The van der Waals surface area contributed by atoms with Gasteiger partial charge in [0.05, 0.1) is 38.1 Å². The van der Waals surface area contributed by atoms with Gasteiger partial charge >= 0.3 is 0 Å². The zero-order chi connectivity index (χ0) is 24.8. The summed E-state index contributed by atoms with van der Waals surface area (Å²) in [6, 6.07) is 5.45. The summed E-state index contributed by atoms with van der Waals surface area (Å²) in [7, 11) is 3.36. The number of anilines is 1. The van der Waals surface area contributed by atoms with Crippen molar-refractivity contribution in [2.45, 2.75) is 39.7 Å². The van der Waals surface area contributed by atoms with E-state index in [2.05, 4.69) is 25.7 Å². The Hall–Kier alpha value is -2.81. The van der Waals surface area contributed by atoms with Crippen LogP contribution in [-0.2, 0) is 12.0 Å². The number of benzene rings is 2. The molecular formula is C26H33BrFN3O4. The maximum atomic E-state index is 15.2. The van der Waals surface area contributed by atoms with Gasteiger partial charge in [0, 0.05) is 24.7 Å². The molecule has 2 aliphatic rings. The lowest BCUT2D eigenvalue weighted by Gasteiger charge is -2.33. The molecule has 0 aromatic heterocycles. The number of carbonyl (C=O) groups is 1. The Bertz CT molecular complexity index is 1160. The number of likely N-dealkylation sites (N-methyl/N-ethyl adjacent to an activating group) is 1. The molecule has 2 aromatic rings. The molecule has 0 aliphatic carbocycles. The Morgan fingerprint density at radius 1 is 1.26 bits per heavy atom. The number of carbonyl (C=O) groups excluding carboxylic acids is 1. The monoisotopic (exact) mass is 549 g/mol. The Labute approximate surface area is 216 Å². The second-order valence-corrected chi connectivity index (χ2v) is 9.71. The van der Waals surface area contributed by atoms with E-state index in [1.807, 2.05) is 26.1 Å². The molecule has 0 saturated carbocycles. The Kier molecular flexibility index (Phi) is 7.69. The fourth-order valence-electron chi connectivity index (χ4n) is 4.51. The van der Waals surface area contributed by atoms with E-state index in [0.29, 0.717) is 30.1 Å². The van der Waals surface area contributed by atoms with E-state index >= 15 is 4.39 Å². The molecule has 2 aliphatic heterocycles. The van der Waals surface area contributed by atoms with Crippen molar-refractivity contribution in [1.82, 2.24) is 4.90 Å². The minimum Gasteiger partial charge on any atom is -0.490 e. The van der Waals surface area contributed by atoms with Crippen molar-refractivity contribution in [2.75, 3.05) is 45.4 Å². The molecule has 0 unspecified atom stereocenters. The predicted molar refractivity (Wildman–Crippen MR) is 140 cm³/mol. The van der Waals surface area contributed by atoms with E-state index in [1.165, 1.54) is 7.11 Å². The van der Waals surface area contributed by atoms with Crippen molar-refractivity contribution in [3.8, 4) is 17.2 Å². The first-order chi connectivity index (χ1) is 16.1. The second kappa shape index (κ2) is 10.0. The summed E-state index contributed by atoms with van der Waals surface area (Å²) in [5.41, 5.74) is 2.95. The van der Waals surface area contributed by atoms with Crippen LogP contribution in [0.4, 0.5) is 10.1 Å². The largest absolute Gasteiger partial charge is 0.490 e. The molecule has 35 heavy (non-hydrogen) atoms. The van der Waals surface area contributed by atoms with Crippen LogP contribution in [0.25, 0.3) is 0 Å². The zero-order valence-electron chi connectivity index (χ0n) is 21.1. The van der Waals surface area contributed by atoms with Gasteiger partial charge < -0.3 is 24.0 Å². The fourth-order valence-corrected chi connectivity index (χ4v) is 4.51. The average Bonchev–Trinajstić information content (AvgIpc) is 3.08. The summed E-state index contributed by atoms with van der Waals surface area (Å²) in [4.78, 5) is 17.1. The van der Waals surface area contributed by atoms with E-state index in [1.54, 1.807) is 11.0 Å². The van der Waals surface area contributed by atoms with Crippen LogP contribution in [0.2, 0.25) is 0 Å². The predicted octanol–water partition coefficient (Wildman–Crippen LogP) is 4.96. The average molecular weight is 550 g/mol. The summed E-state index contributed by atoms with van der Waals surface area (Å²) >= 11 is 0. The summed E-state index contributed by atoms with van der Waals surface area (Å²) in [6.45, 7) is 10.00.